The maximum absolute atomic E-state index is 6.26. The number of rotatable bonds is 2. The first-order valence-corrected chi connectivity index (χ1v) is 7.96. The van der Waals surface area contributed by atoms with Crippen LogP contribution in [0.3, 0.4) is 0 Å². The molecule has 0 saturated carbocycles. The molecule has 20 heavy (non-hydrogen) atoms. The average molecular weight is 272 g/mol. The van der Waals surface area contributed by atoms with Crippen molar-refractivity contribution in [2.75, 3.05) is 19.6 Å². The molecule has 1 aliphatic carbocycles. The minimum atomic E-state index is 0.166. The predicted octanol–water partition coefficient (Wildman–Crippen LogP) is 1.74. The highest BCUT2D eigenvalue weighted by Crippen LogP contribution is 2.37. The largest absolute Gasteiger partial charge is 0.372 e. The molecular formula is C17H24N2O. The third-order valence-corrected chi connectivity index (χ3v) is 5.59. The van der Waals surface area contributed by atoms with Crippen molar-refractivity contribution in [1.29, 1.82) is 0 Å². The lowest BCUT2D eigenvalue weighted by molar-refractivity contribution is -0.0800. The highest BCUT2D eigenvalue weighted by Gasteiger charge is 2.44. The number of ether oxygens (including phenoxy) is 1. The van der Waals surface area contributed by atoms with Crippen LogP contribution < -0.4 is 5.73 Å². The van der Waals surface area contributed by atoms with E-state index in [9.17, 15) is 0 Å². The molecule has 4 rings (SSSR count). The maximum atomic E-state index is 6.26. The average Bonchev–Trinajstić information content (AvgIpc) is 2.85. The quantitative estimate of drug-likeness (QED) is 0.891. The summed E-state index contributed by atoms with van der Waals surface area (Å²) in [5.74, 6) is 0. The third-order valence-electron chi connectivity index (χ3n) is 5.59. The van der Waals surface area contributed by atoms with E-state index in [2.05, 4.69) is 29.2 Å². The molecule has 2 saturated heterocycles. The van der Waals surface area contributed by atoms with E-state index < -0.39 is 0 Å². The van der Waals surface area contributed by atoms with E-state index in [1.807, 2.05) is 0 Å². The Morgan fingerprint density at radius 3 is 2.55 bits per heavy atom. The van der Waals surface area contributed by atoms with Gasteiger partial charge in [-0.05, 0) is 43.2 Å². The summed E-state index contributed by atoms with van der Waals surface area (Å²) in [5.41, 5.74) is 9.44. The lowest BCUT2D eigenvalue weighted by Gasteiger charge is -2.49. The van der Waals surface area contributed by atoms with Gasteiger partial charge < -0.3 is 10.5 Å². The normalized spacial score (nSPS) is 36.9. The molecule has 3 aliphatic rings. The van der Waals surface area contributed by atoms with E-state index in [4.69, 9.17) is 10.5 Å². The lowest BCUT2D eigenvalue weighted by Crippen LogP contribution is -2.61. The van der Waals surface area contributed by atoms with Crippen LogP contribution in [0.5, 0.6) is 0 Å². The molecule has 3 nitrogen and oxygen atoms in total. The minimum absolute atomic E-state index is 0.166. The summed E-state index contributed by atoms with van der Waals surface area (Å²) < 4.78 is 5.99. The van der Waals surface area contributed by atoms with Crippen molar-refractivity contribution >= 4 is 0 Å². The molecule has 0 aromatic heterocycles. The second-order valence-electron chi connectivity index (χ2n) is 6.74. The summed E-state index contributed by atoms with van der Waals surface area (Å²) in [5, 5.41) is 0. The Labute approximate surface area is 121 Å². The topological polar surface area (TPSA) is 38.5 Å². The fourth-order valence-corrected chi connectivity index (χ4v) is 4.36. The number of hydrogen-bond acceptors (Lipinski definition) is 3. The highest BCUT2D eigenvalue weighted by atomic mass is 16.5. The number of fused-ring (bicyclic) bond motifs is 3. The van der Waals surface area contributed by atoms with Gasteiger partial charge in [-0.3, -0.25) is 4.90 Å². The Morgan fingerprint density at radius 2 is 1.85 bits per heavy atom. The summed E-state index contributed by atoms with van der Waals surface area (Å²) in [6.45, 7) is 2.92. The predicted molar refractivity (Wildman–Crippen MR) is 79.7 cm³/mol. The van der Waals surface area contributed by atoms with Crippen molar-refractivity contribution < 1.29 is 4.74 Å². The Morgan fingerprint density at radius 1 is 1.15 bits per heavy atom. The Kier molecular flexibility index (Phi) is 3.09. The van der Waals surface area contributed by atoms with Crippen LogP contribution in [0.4, 0.5) is 0 Å². The molecule has 2 heterocycles. The van der Waals surface area contributed by atoms with Gasteiger partial charge in [0, 0.05) is 25.2 Å². The van der Waals surface area contributed by atoms with E-state index in [0.717, 1.165) is 26.1 Å². The van der Waals surface area contributed by atoms with Crippen molar-refractivity contribution in [3.8, 4) is 0 Å². The molecular weight excluding hydrogens is 248 g/mol. The number of morpholine rings is 1. The molecule has 3 heteroatoms. The van der Waals surface area contributed by atoms with Crippen LogP contribution in [0.25, 0.3) is 0 Å². The van der Waals surface area contributed by atoms with Crippen LogP contribution in [0.1, 0.15) is 30.4 Å². The molecule has 0 amide bonds. The number of hydrogen-bond donors (Lipinski definition) is 1. The van der Waals surface area contributed by atoms with Crippen molar-refractivity contribution in [1.82, 2.24) is 4.90 Å². The number of nitrogens with two attached hydrogens (primary N) is 1. The van der Waals surface area contributed by atoms with Crippen LogP contribution in [0.2, 0.25) is 0 Å². The van der Waals surface area contributed by atoms with Crippen molar-refractivity contribution in [3.05, 3.63) is 35.4 Å². The second kappa shape index (κ2) is 4.83. The van der Waals surface area contributed by atoms with E-state index >= 15 is 0 Å². The molecule has 0 spiro atoms. The summed E-state index contributed by atoms with van der Waals surface area (Å²) >= 11 is 0. The van der Waals surface area contributed by atoms with Gasteiger partial charge in [0.2, 0.25) is 0 Å². The van der Waals surface area contributed by atoms with Gasteiger partial charge in [-0.2, -0.15) is 0 Å². The van der Waals surface area contributed by atoms with Crippen molar-refractivity contribution in [2.45, 2.75) is 49.9 Å². The van der Waals surface area contributed by atoms with Crippen LogP contribution in [-0.4, -0.2) is 42.3 Å². The van der Waals surface area contributed by atoms with Gasteiger partial charge in [0.25, 0.3) is 0 Å². The first-order valence-electron chi connectivity index (χ1n) is 7.96. The number of benzene rings is 1. The highest BCUT2D eigenvalue weighted by molar-refractivity contribution is 5.32. The Balaban J connectivity index is 1.61. The van der Waals surface area contributed by atoms with Gasteiger partial charge in [-0.15, -0.1) is 0 Å². The van der Waals surface area contributed by atoms with Crippen LogP contribution in [0.15, 0.2) is 24.3 Å². The first kappa shape index (κ1) is 12.8. The zero-order chi connectivity index (χ0) is 13.6. The minimum Gasteiger partial charge on any atom is -0.372 e. The summed E-state index contributed by atoms with van der Waals surface area (Å²) in [4.78, 5) is 2.66. The smallest absolute Gasteiger partial charge is 0.0707 e. The van der Waals surface area contributed by atoms with Crippen molar-refractivity contribution in [3.63, 3.8) is 0 Å². The second-order valence-corrected chi connectivity index (χ2v) is 6.74. The lowest BCUT2D eigenvalue weighted by atomic mass is 9.76. The van der Waals surface area contributed by atoms with Crippen LogP contribution in [0, 0.1) is 0 Å². The maximum Gasteiger partial charge on any atom is 0.0707 e. The monoisotopic (exact) mass is 272 g/mol. The van der Waals surface area contributed by atoms with E-state index in [1.54, 1.807) is 0 Å². The van der Waals surface area contributed by atoms with E-state index in [0.29, 0.717) is 12.2 Å². The summed E-state index contributed by atoms with van der Waals surface area (Å²) in [6, 6.07) is 8.88. The van der Waals surface area contributed by atoms with E-state index in [-0.39, 0.29) is 5.54 Å². The van der Waals surface area contributed by atoms with Gasteiger partial charge in [0.15, 0.2) is 0 Å². The molecule has 0 radical (unpaired) electrons. The van der Waals surface area contributed by atoms with Crippen molar-refractivity contribution in [2.24, 2.45) is 5.73 Å². The third kappa shape index (κ3) is 2.00. The number of nitrogens with zero attached hydrogens (tertiary/aromatic N) is 1. The van der Waals surface area contributed by atoms with Crippen LogP contribution >= 0.6 is 0 Å². The van der Waals surface area contributed by atoms with E-state index in [1.165, 1.54) is 36.8 Å². The fourth-order valence-electron chi connectivity index (χ4n) is 4.36. The standard InChI is InChI=1S/C17H24N2O/c18-12-17(19-10-15-5-6-16(11-19)20-15)8-7-13-3-1-2-4-14(13)9-17/h1-4,15-16H,5-12,18H2. The molecule has 108 valence electrons. The van der Waals surface area contributed by atoms with Crippen LogP contribution in [-0.2, 0) is 17.6 Å². The Hall–Kier alpha value is -0.900. The number of aryl methyl sites for hydroxylation is 1. The Bertz CT molecular complexity index is 492. The molecule has 2 bridgehead atoms. The van der Waals surface area contributed by atoms with Gasteiger partial charge in [-0.1, -0.05) is 24.3 Å². The van der Waals surface area contributed by atoms with Gasteiger partial charge in [0.1, 0.15) is 0 Å². The SMILES string of the molecule is NCC1(N2CC3CCC(C2)O3)CCc2ccccc2C1. The van der Waals surface area contributed by atoms with Gasteiger partial charge in [0.05, 0.1) is 12.2 Å². The molecule has 3 atom stereocenters. The zero-order valence-electron chi connectivity index (χ0n) is 12.1. The van der Waals surface area contributed by atoms with Gasteiger partial charge in [-0.25, -0.2) is 0 Å². The van der Waals surface area contributed by atoms with Gasteiger partial charge >= 0.3 is 0 Å². The molecule has 2 aliphatic heterocycles. The zero-order valence-corrected chi connectivity index (χ0v) is 12.1. The molecule has 1 aromatic rings. The molecule has 2 fully saturated rings. The summed E-state index contributed by atoms with van der Waals surface area (Å²) in [7, 11) is 0. The molecule has 1 aromatic carbocycles. The number of likely N-dealkylation sites (tertiary alicyclic amines) is 1. The summed E-state index contributed by atoms with van der Waals surface area (Å²) in [6.07, 6.45) is 6.85. The molecule has 2 N–H and O–H groups in total. The fraction of sp³-hybridized carbons (Fsp3) is 0.647. The molecule has 3 unspecified atom stereocenters. The first-order chi connectivity index (χ1) is 9.79.